The quantitative estimate of drug-likeness (QED) is 0.816. The Morgan fingerprint density at radius 3 is 2.89 bits per heavy atom. The van der Waals surface area contributed by atoms with Crippen LogP contribution in [0.5, 0.6) is 0 Å². The Bertz CT molecular complexity index is 450. The molecule has 1 aliphatic heterocycles. The number of aryl methyl sites for hydroxylation is 1. The minimum atomic E-state index is -0.427. The smallest absolute Gasteiger partial charge is 0.202 e. The third-order valence-electron chi connectivity index (χ3n) is 3.80. The van der Waals surface area contributed by atoms with E-state index >= 15 is 0 Å². The molecule has 0 radical (unpaired) electrons. The van der Waals surface area contributed by atoms with Gasteiger partial charge in [-0.3, -0.25) is 9.48 Å². The fourth-order valence-electron chi connectivity index (χ4n) is 2.95. The van der Waals surface area contributed by atoms with Crippen LogP contribution in [0, 0.1) is 0 Å². The summed E-state index contributed by atoms with van der Waals surface area (Å²) in [6.07, 6.45) is 6.31. The van der Waals surface area contributed by atoms with Gasteiger partial charge in [-0.2, -0.15) is 5.10 Å². The summed E-state index contributed by atoms with van der Waals surface area (Å²) >= 11 is 6.18. The van der Waals surface area contributed by atoms with Crippen LogP contribution in [0.3, 0.4) is 0 Å². The van der Waals surface area contributed by atoms with Gasteiger partial charge in [0.1, 0.15) is 5.69 Å². The summed E-state index contributed by atoms with van der Waals surface area (Å²) < 4.78 is 1.75. The van der Waals surface area contributed by atoms with Gasteiger partial charge in [0.2, 0.25) is 5.78 Å². The van der Waals surface area contributed by atoms with Crippen molar-refractivity contribution < 1.29 is 4.79 Å². The standard InChI is InChI=1S/C14H22ClN3O/c1-3-6-14(7-5-8-16-14)13(19)12-11(15)10-17-18(12)9-4-2/h10,16H,3-9H2,1-2H3. The highest BCUT2D eigenvalue weighted by Gasteiger charge is 2.42. The van der Waals surface area contributed by atoms with Crippen molar-refractivity contribution in [2.45, 2.75) is 58.0 Å². The molecule has 1 atom stereocenters. The number of hydrogen-bond donors (Lipinski definition) is 1. The predicted octanol–water partition coefficient (Wildman–Crippen LogP) is 3.05. The highest BCUT2D eigenvalue weighted by Crippen LogP contribution is 2.31. The summed E-state index contributed by atoms with van der Waals surface area (Å²) in [6.45, 7) is 5.82. The molecule has 1 aromatic heterocycles. The largest absolute Gasteiger partial charge is 0.305 e. The molecular formula is C14H22ClN3O. The van der Waals surface area contributed by atoms with E-state index in [0.717, 1.165) is 45.2 Å². The summed E-state index contributed by atoms with van der Waals surface area (Å²) in [5.41, 5.74) is 0.149. The maximum absolute atomic E-state index is 12.9. The zero-order valence-corrected chi connectivity index (χ0v) is 12.5. The van der Waals surface area contributed by atoms with Crippen molar-refractivity contribution in [3.63, 3.8) is 0 Å². The molecule has 4 nitrogen and oxygen atoms in total. The zero-order valence-electron chi connectivity index (χ0n) is 11.7. The first-order chi connectivity index (χ1) is 9.14. The second kappa shape index (κ2) is 6.06. The number of carbonyl (C=O) groups excluding carboxylic acids is 1. The predicted molar refractivity (Wildman–Crippen MR) is 76.7 cm³/mol. The lowest BCUT2D eigenvalue weighted by molar-refractivity contribution is 0.0846. The molecule has 1 fully saturated rings. The summed E-state index contributed by atoms with van der Waals surface area (Å²) in [5.74, 6) is 0.114. The minimum absolute atomic E-state index is 0.114. The average molecular weight is 284 g/mol. The maximum Gasteiger partial charge on any atom is 0.202 e. The number of aromatic nitrogens is 2. The van der Waals surface area contributed by atoms with Gasteiger partial charge in [0.25, 0.3) is 0 Å². The second-order valence-corrected chi connectivity index (χ2v) is 5.66. The molecule has 19 heavy (non-hydrogen) atoms. The van der Waals surface area contributed by atoms with Crippen molar-refractivity contribution >= 4 is 17.4 Å². The fraction of sp³-hybridized carbons (Fsp3) is 0.714. The minimum Gasteiger partial charge on any atom is -0.305 e. The fourth-order valence-corrected chi connectivity index (χ4v) is 3.18. The first-order valence-corrected chi connectivity index (χ1v) is 7.53. The van der Waals surface area contributed by atoms with Gasteiger partial charge < -0.3 is 5.32 Å². The van der Waals surface area contributed by atoms with Crippen molar-refractivity contribution in [3.8, 4) is 0 Å². The van der Waals surface area contributed by atoms with E-state index in [4.69, 9.17) is 11.6 Å². The van der Waals surface area contributed by atoms with Crippen LogP contribution >= 0.6 is 11.6 Å². The van der Waals surface area contributed by atoms with Crippen LogP contribution < -0.4 is 5.32 Å². The summed E-state index contributed by atoms with van der Waals surface area (Å²) in [4.78, 5) is 12.9. The van der Waals surface area contributed by atoms with Gasteiger partial charge in [-0.1, -0.05) is 31.9 Å². The highest BCUT2D eigenvalue weighted by molar-refractivity contribution is 6.34. The van der Waals surface area contributed by atoms with Gasteiger partial charge in [0, 0.05) is 6.54 Å². The summed E-state index contributed by atoms with van der Waals surface area (Å²) in [7, 11) is 0. The number of hydrogen-bond acceptors (Lipinski definition) is 3. The molecule has 1 N–H and O–H groups in total. The van der Waals surface area contributed by atoms with Crippen LogP contribution in [0.4, 0.5) is 0 Å². The number of halogens is 1. The lowest BCUT2D eigenvalue weighted by Crippen LogP contribution is -2.48. The first kappa shape index (κ1) is 14.5. The van der Waals surface area contributed by atoms with Gasteiger partial charge in [-0.15, -0.1) is 0 Å². The molecule has 0 spiro atoms. The number of nitrogens with zero attached hydrogens (tertiary/aromatic N) is 2. The van der Waals surface area contributed by atoms with E-state index in [1.54, 1.807) is 10.9 Å². The van der Waals surface area contributed by atoms with E-state index in [1.165, 1.54) is 0 Å². The maximum atomic E-state index is 12.9. The van der Waals surface area contributed by atoms with Crippen LogP contribution in [0.25, 0.3) is 0 Å². The Kier molecular flexibility index (Phi) is 4.63. The molecule has 1 aromatic rings. The van der Waals surface area contributed by atoms with Crippen molar-refractivity contribution in [2.24, 2.45) is 0 Å². The SMILES string of the molecule is CCCn1ncc(Cl)c1C(=O)C1(CCC)CCCN1. The molecule has 106 valence electrons. The van der Waals surface area contributed by atoms with Gasteiger partial charge in [-0.25, -0.2) is 0 Å². The van der Waals surface area contributed by atoms with E-state index < -0.39 is 5.54 Å². The van der Waals surface area contributed by atoms with Crippen molar-refractivity contribution in [3.05, 3.63) is 16.9 Å². The van der Waals surface area contributed by atoms with Gasteiger partial charge in [0.15, 0.2) is 0 Å². The third kappa shape index (κ3) is 2.70. The summed E-state index contributed by atoms with van der Waals surface area (Å²) in [6, 6.07) is 0. The molecule has 2 heterocycles. The number of carbonyl (C=O) groups is 1. The van der Waals surface area contributed by atoms with Crippen molar-refractivity contribution in [1.29, 1.82) is 0 Å². The Balaban J connectivity index is 2.34. The van der Waals surface area contributed by atoms with E-state index in [0.29, 0.717) is 10.7 Å². The molecule has 2 rings (SSSR count). The Hall–Kier alpha value is -0.870. The van der Waals surface area contributed by atoms with Gasteiger partial charge >= 0.3 is 0 Å². The van der Waals surface area contributed by atoms with Crippen LogP contribution in [-0.2, 0) is 6.54 Å². The van der Waals surface area contributed by atoms with E-state index in [9.17, 15) is 4.79 Å². The van der Waals surface area contributed by atoms with Crippen LogP contribution in [0.15, 0.2) is 6.20 Å². The van der Waals surface area contributed by atoms with Crippen LogP contribution in [0.2, 0.25) is 5.02 Å². The average Bonchev–Trinajstić information content (AvgIpc) is 2.98. The normalized spacial score (nSPS) is 22.9. The molecule has 5 heteroatoms. The number of nitrogens with one attached hydrogen (secondary N) is 1. The van der Waals surface area contributed by atoms with Crippen LogP contribution in [0.1, 0.15) is 56.4 Å². The molecule has 1 aliphatic rings. The van der Waals surface area contributed by atoms with Gasteiger partial charge in [0.05, 0.1) is 16.8 Å². The van der Waals surface area contributed by atoms with Crippen molar-refractivity contribution in [1.82, 2.24) is 15.1 Å². The number of ketones is 1. The summed E-state index contributed by atoms with van der Waals surface area (Å²) in [5, 5.41) is 8.11. The molecule has 0 aliphatic carbocycles. The lowest BCUT2D eigenvalue weighted by atomic mass is 9.85. The Labute approximate surface area is 119 Å². The molecule has 0 saturated carbocycles. The lowest BCUT2D eigenvalue weighted by Gasteiger charge is -2.28. The van der Waals surface area contributed by atoms with E-state index in [2.05, 4.69) is 24.3 Å². The molecule has 1 unspecified atom stereocenters. The number of Topliss-reactive ketones (excluding diaryl/α,β-unsaturated/α-hetero) is 1. The molecule has 0 amide bonds. The molecule has 1 saturated heterocycles. The topological polar surface area (TPSA) is 46.9 Å². The molecular weight excluding hydrogens is 262 g/mol. The second-order valence-electron chi connectivity index (χ2n) is 5.26. The molecule has 0 bridgehead atoms. The zero-order chi connectivity index (χ0) is 13.9. The number of rotatable bonds is 6. The molecule has 0 aromatic carbocycles. The monoisotopic (exact) mass is 283 g/mol. The Morgan fingerprint density at radius 1 is 1.53 bits per heavy atom. The highest BCUT2D eigenvalue weighted by atomic mass is 35.5. The van der Waals surface area contributed by atoms with Gasteiger partial charge in [-0.05, 0) is 32.2 Å². The van der Waals surface area contributed by atoms with E-state index in [-0.39, 0.29) is 5.78 Å². The first-order valence-electron chi connectivity index (χ1n) is 7.15. The van der Waals surface area contributed by atoms with Crippen LogP contribution in [-0.4, -0.2) is 27.6 Å². The Morgan fingerprint density at radius 2 is 2.32 bits per heavy atom. The van der Waals surface area contributed by atoms with E-state index in [1.807, 2.05) is 0 Å². The third-order valence-corrected chi connectivity index (χ3v) is 4.08. The van der Waals surface area contributed by atoms with Crippen molar-refractivity contribution in [2.75, 3.05) is 6.54 Å².